The molecule has 0 spiro atoms. The first-order chi connectivity index (χ1) is 5.24. The summed E-state index contributed by atoms with van der Waals surface area (Å²) in [7, 11) is 0. The molecule has 1 rings (SSSR count). The van der Waals surface area contributed by atoms with Crippen LogP contribution >= 0.6 is 0 Å². The maximum absolute atomic E-state index is 9.01. The summed E-state index contributed by atoms with van der Waals surface area (Å²) in [6.45, 7) is 2.13. The Kier molecular flexibility index (Phi) is 2.58. The fraction of sp³-hybridized carbons (Fsp3) is 0.556. The minimum absolute atomic E-state index is 0.0334. The normalized spacial score (nSPS) is 18.3. The van der Waals surface area contributed by atoms with Crippen LogP contribution in [0.4, 0.5) is 0 Å². The minimum Gasteiger partial charge on any atom is -0.504 e. The second kappa shape index (κ2) is 3.46. The van der Waals surface area contributed by atoms with Gasteiger partial charge in [-0.3, -0.25) is 0 Å². The van der Waals surface area contributed by atoms with Gasteiger partial charge in [-0.25, -0.2) is 0 Å². The maximum atomic E-state index is 9.01. The van der Waals surface area contributed by atoms with E-state index in [1.165, 1.54) is 0 Å². The van der Waals surface area contributed by atoms with Crippen molar-refractivity contribution in [2.24, 2.45) is 5.92 Å². The molecule has 1 aliphatic carbocycles. The first kappa shape index (κ1) is 8.18. The fourth-order valence-corrected chi connectivity index (χ4v) is 1.23. The van der Waals surface area contributed by atoms with Gasteiger partial charge >= 0.3 is 0 Å². The Morgan fingerprint density at radius 3 is 2.27 bits per heavy atom. The van der Waals surface area contributed by atoms with Gasteiger partial charge in [-0.2, -0.15) is 0 Å². The smallest absolute Gasteiger partial charge is 0.153 e. The van der Waals surface area contributed by atoms with E-state index >= 15 is 0 Å². The van der Waals surface area contributed by atoms with E-state index < -0.39 is 0 Å². The Morgan fingerprint density at radius 2 is 1.82 bits per heavy atom. The summed E-state index contributed by atoms with van der Waals surface area (Å²) < 4.78 is 0. The molecule has 2 N–H and O–H groups in total. The molecule has 0 aromatic heterocycles. The molecule has 0 aromatic carbocycles. The number of unbranched alkanes of at least 4 members (excludes halogenated alkanes) is 1. The van der Waals surface area contributed by atoms with Crippen LogP contribution in [0.5, 0.6) is 0 Å². The molecule has 0 saturated heterocycles. The lowest BCUT2D eigenvalue weighted by molar-refractivity contribution is 0.330. The number of rotatable bonds is 3. The van der Waals surface area contributed by atoms with E-state index in [4.69, 9.17) is 10.2 Å². The Morgan fingerprint density at radius 1 is 1.27 bits per heavy atom. The summed E-state index contributed by atoms with van der Waals surface area (Å²) in [5, 5.41) is 18.0. The van der Waals surface area contributed by atoms with Gasteiger partial charge in [0.1, 0.15) is 0 Å². The number of allylic oxidation sites excluding steroid dienone is 2. The Bertz CT molecular complexity index is 174. The van der Waals surface area contributed by atoms with Gasteiger partial charge in [0.15, 0.2) is 11.5 Å². The van der Waals surface area contributed by atoms with Gasteiger partial charge in [0.05, 0.1) is 0 Å². The second-order valence-electron chi connectivity index (χ2n) is 2.91. The molecule has 0 amide bonds. The van der Waals surface area contributed by atoms with Crippen LogP contribution in [0.2, 0.25) is 0 Å². The number of aliphatic hydroxyl groups is 2. The van der Waals surface area contributed by atoms with Crippen molar-refractivity contribution < 1.29 is 10.2 Å². The summed E-state index contributed by atoms with van der Waals surface area (Å²) in [6, 6.07) is 0. The lowest BCUT2D eigenvalue weighted by Crippen LogP contribution is -1.87. The van der Waals surface area contributed by atoms with Gasteiger partial charge in [-0.05, 0) is 18.6 Å². The SMILES string of the molecule is CCCCC1C=C(O)C(O)=C1. The summed E-state index contributed by atoms with van der Waals surface area (Å²) in [5.41, 5.74) is 0. The third-order valence-electron chi connectivity index (χ3n) is 1.90. The average Bonchev–Trinajstić information content (AvgIpc) is 2.28. The van der Waals surface area contributed by atoms with E-state index in [0.29, 0.717) is 0 Å². The summed E-state index contributed by atoms with van der Waals surface area (Å²) in [4.78, 5) is 0. The molecule has 0 atom stereocenters. The first-order valence-corrected chi connectivity index (χ1v) is 4.06. The standard InChI is InChI=1S/C9H14O2/c1-2-3-4-7-5-8(10)9(11)6-7/h5-7,10-11H,2-4H2,1H3. The van der Waals surface area contributed by atoms with Gasteiger partial charge in [0.25, 0.3) is 0 Å². The van der Waals surface area contributed by atoms with E-state index in [9.17, 15) is 0 Å². The van der Waals surface area contributed by atoms with Crippen molar-refractivity contribution in [2.45, 2.75) is 26.2 Å². The molecule has 11 heavy (non-hydrogen) atoms. The molecule has 0 aliphatic heterocycles. The Labute approximate surface area is 66.9 Å². The predicted octanol–water partition coefficient (Wildman–Crippen LogP) is 2.69. The molecule has 0 unspecified atom stereocenters. The summed E-state index contributed by atoms with van der Waals surface area (Å²) in [5.74, 6) is 0.312. The highest BCUT2D eigenvalue weighted by Gasteiger charge is 2.14. The molecule has 0 aromatic rings. The fourth-order valence-electron chi connectivity index (χ4n) is 1.23. The van der Waals surface area contributed by atoms with Gasteiger partial charge in [0.2, 0.25) is 0 Å². The monoisotopic (exact) mass is 154 g/mol. The van der Waals surface area contributed by atoms with E-state index in [1.54, 1.807) is 12.2 Å². The molecule has 2 heteroatoms. The largest absolute Gasteiger partial charge is 0.504 e. The minimum atomic E-state index is 0.0334. The van der Waals surface area contributed by atoms with Crippen LogP contribution in [0, 0.1) is 5.92 Å². The number of hydrogen-bond donors (Lipinski definition) is 2. The second-order valence-corrected chi connectivity index (χ2v) is 2.91. The molecular weight excluding hydrogens is 140 g/mol. The molecule has 0 fully saturated rings. The Balaban J connectivity index is 2.41. The van der Waals surface area contributed by atoms with Crippen LogP contribution in [0.15, 0.2) is 23.7 Å². The molecule has 2 nitrogen and oxygen atoms in total. The zero-order valence-corrected chi connectivity index (χ0v) is 6.75. The highest BCUT2D eigenvalue weighted by molar-refractivity contribution is 5.28. The Hall–Kier alpha value is -0.920. The van der Waals surface area contributed by atoms with E-state index in [-0.39, 0.29) is 17.4 Å². The van der Waals surface area contributed by atoms with Crippen molar-refractivity contribution in [3.8, 4) is 0 Å². The molecule has 0 heterocycles. The van der Waals surface area contributed by atoms with Gasteiger partial charge < -0.3 is 10.2 Å². The molecule has 0 radical (unpaired) electrons. The predicted molar refractivity (Wildman–Crippen MR) is 44.4 cm³/mol. The third-order valence-corrected chi connectivity index (χ3v) is 1.90. The average molecular weight is 154 g/mol. The lowest BCUT2D eigenvalue weighted by atomic mass is 10.0. The zero-order valence-electron chi connectivity index (χ0n) is 6.75. The van der Waals surface area contributed by atoms with Crippen molar-refractivity contribution in [3.05, 3.63) is 23.7 Å². The van der Waals surface area contributed by atoms with Crippen LogP contribution in [-0.2, 0) is 0 Å². The molecule has 0 bridgehead atoms. The number of aliphatic hydroxyl groups excluding tert-OH is 2. The van der Waals surface area contributed by atoms with Crippen molar-refractivity contribution >= 4 is 0 Å². The van der Waals surface area contributed by atoms with Crippen LogP contribution < -0.4 is 0 Å². The van der Waals surface area contributed by atoms with Crippen LogP contribution in [0.25, 0.3) is 0 Å². The topological polar surface area (TPSA) is 40.5 Å². The third kappa shape index (κ3) is 2.00. The van der Waals surface area contributed by atoms with Gasteiger partial charge in [-0.15, -0.1) is 0 Å². The summed E-state index contributed by atoms with van der Waals surface area (Å²) >= 11 is 0. The number of hydrogen-bond acceptors (Lipinski definition) is 2. The molecule has 1 aliphatic rings. The quantitative estimate of drug-likeness (QED) is 0.656. The highest BCUT2D eigenvalue weighted by atomic mass is 16.3. The zero-order chi connectivity index (χ0) is 8.27. The highest BCUT2D eigenvalue weighted by Crippen LogP contribution is 2.23. The lowest BCUT2D eigenvalue weighted by Gasteiger charge is -2.00. The van der Waals surface area contributed by atoms with E-state index in [1.807, 2.05) is 0 Å². The van der Waals surface area contributed by atoms with Crippen LogP contribution in [0.3, 0.4) is 0 Å². The van der Waals surface area contributed by atoms with E-state index in [0.717, 1.165) is 19.3 Å². The van der Waals surface area contributed by atoms with Crippen LogP contribution in [0.1, 0.15) is 26.2 Å². The summed E-state index contributed by atoms with van der Waals surface area (Å²) in [6.07, 6.45) is 6.71. The van der Waals surface area contributed by atoms with Crippen molar-refractivity contribution in [2.75, 3.05) is 0 Å². The van der Waals surface area contributed by atoms with Crippen LogP contribution in [-0.4, -0.2) is 10.2 Å². The van der Waals surface area contributed by atoms with Gasteiger partial charge in [0, 0.05) is 5.92 Å². The first-order valence-electron chi connectivity index (χ1n) is 4.06. The molecular formula is C9H14O2. The molecule has 0 saturated carbocycles. The van der Waals surface area contributed by atoms with Crippen molar-refractivity contribution in [3.63, 3.8) is 0 Å². The van der Waals surface area contributed by atoms with E-state index in [2.05, 4.69) is 6.92 Å². The molecule has 62 valence electrons. The van der Waals surface area contributed by atoms with Gasteiger partial charge in [-0.1, -0.05) is 19.8 Å². The van der Waals surface area contributed by atoms with Crippen molar-refractivity contribution in [1.82, 2.24) is 0 Å². The van der Waals surface area contributed by atoms with Crippen molar-refractivity contribution in [1.29, 1.82) is 0 Å². The maximum Gasteiger partial charge on any atom is 0.153 e.